The molecule has 0 radical (unpaired) electrons. The quantitative estimate of drug-likeness (QED) is 0.603. The number of rotatable bonds is 8. The lowest BCUT2D eigenvalue weighted by atomic mass is 10.1. The van der Waals surface area contributed by atoms with Crippen LogP contribution in [0.4, 0.5) is 0 Å². The molecule has 1 N–H and O–H groups in total. The predicted octanol–water partition coefficient (Wildman–Crippen LogP) is 2.80. The SMILES string of the molecule is CN(C)S(=O)(=O)c1ccc(CC(=O)NC[C@H]2CN(Cc3ccc(Cl)c(Cl)c3)CCO2)cc1. The smallest absolute Gasteiger partial charge is 0.242 e. The molecule has 1 aliphatic heterocycles. The van der Waals surface area contributed by atoms with Gasteiger partial charge in [-0.15, -0.1) is 0 Å². The van der Waals surface area contributed by atoms with Crippen LogP contribution < -0.4 is 5.32 Å². The third-order valence-electron chi connectivity index (χ3n) is 5.21. The van der Waals surface area contributed by atoms with Crippen LogP contribution in [-0.2, 0) is 32.5 Å². The Morgan fingerprint density at radius 3 is 2.47 bits per heavy atom. The van der Waals surface area contributed by atoms with Crippen LogP contribution >= 0.6 is 23.2 Å². The maximum Gasteiger partial charge on any atom is 0.242 e. The van der Waals surface area contributed by atoms with Gasteiger partial charge in [-0.05, 0) is 35.4 Å². The number of morpholine rings is 1. The summed E-state index contributed by atoms with van der Waals surface area (Å²) < 4.78 is 31.2. The Morgan fingerprint density at radius 2 is 1.81 bits per heavy atom. The summed E-state index contributed by atoms with van der Waals surface area (Å²) in [4.78, 5) is 14.8. The second kappa shape index (κ2) is 11.0. The lowest BCUT2D eigenvalue weighted by molar-refractivity contribution is -0.121. The van der Waals surface area contributed by atoms with E-state index >= 15 is 0 Å². The molecule has 10 heteroatoms. The van der Waals surface area contributed by atoms with Gasteiger partial charge in [-0.25, -0.2) is 12.7 Å². The molecule has 1 saturated heterocycles. The number of benzene rings is 2. The highest BCUT2D eigenvalue weighted by Gasteiger charge is 2.22. The number of carbonyl (C=O) groups is 1. The Balaban J connectivity index is 1.47. The molecule has 1 atom stereocenters. The van der Waals surface area contributed by atoms with Gasteiger partial charge in [0.1, 0.15) is 0 Å². The fourth-order valence-electron chi connectivity index (χ4n) is 3.41. The summed E-state index contributed by atoms with van der Waals surface area (Å²) in [6.45, 7) is 3.21. The Hall–Kier alpha value is -1.68. The molecule has 2 aromatic rings. The molecule has 3 rings (SSSR count). The van der Waals surface area contributed by atoms with Crippen molar-refractivity contribution in [2.75, 3.05) is 40.3 Å². The lowest BCUT2D eigenvalue weighted by Gasteiger charge is -2.33. The zero-order valence-electron chi connectivity index (χ0n) is 18.1. The van der Waals surface area contributed by atoms with Crippen LogP contribution in [0.3, 0.4) is 0 Å². The first-order valence-corrected chi connectivity index (χ1v) is 12.4. The largest absolute Gasteiger partial charge is 0.374 e. The number of halogens is 2. The van der Waals surface area contributed by atoms with Gasteiger partial charge >= 0.3 is 0 Å². The van der Waals surface area contributed by atoms with Crippen molar-refractivity contribution >= 4 is 39.1 Å². The molecule has 7 nitrogen and oxygen atoms in total. The molecule has 2 aromatic carbocycles. The van der Waals surface area contributed by atoms with E-state index in [4.69, 9.17) is 27.9 Å². The van der Waals surface area contributed by atoms with Gasteiger partial charge in [0, 0.05) is 40.3 Å². The van der Waals surface area contributed by atoms with Crippen molar-refractivity contribution in [3.05, 3.63) is 63.6 Å². The maximum atomic E-state index is 12.4. The van der Waals surface area contributed by atoms with Crippen molar-refractivity contribution in [2.45, 2.75) is 24.0 Å². The molecule has 0 saturated carbocycles. The fourth-order valence-corrected chi connectivity index (χ4v) is 4.63. The minimum absolute atomic E-state index is 0.108. The highest BCUT2D eigenvalue weighted by atomic mass is 35.5. The topological polar surface area (TPSA) is 79.0 Å². The van der Waals surface area contributed by atoms with Gasteiger partial charge in [0.25, 0.3) is 0 Å². The fraction of sp³-hybridized carbons (Fsp3) is 0.409. The summed E-state index contributed by atoms with van der Waals surface area (Å²) in [5.74, 6) is -0.140. The summed E-state index contributed by atoms with van der Waals surface area (Å²) in [6, 6.07) is 12.0. The molecule has 0 spiro atoms. The van der Waals surface area contributed by atoms with Crippen LogP contribution in [0.2, 0.25) is 10.0 Å². The number of nitrogens with zero attached hydrogens (tertiary/aromatic N) is 2. The molecule has 0 unspecified atom stereocenters. The van der Waals surface area contributed by atoms with Crippen molar-refractivity contribution in [3.63, 3.8) is 0 Å². The van der Waals surface area contributed by atoms with Gasteiger partial charge in [-0.3, -0.25) is 9.69 Å². The molecule has 0 aromatic heterocycles. The van der Waals surface area contributed by atoms with E-state index < -0.39 is 10.0 Å². The monoisotopic (exact) mass is 499 g/mol. The van der Waals surface area contributed by atoms with E-state index in [0.717, 1.165) is 28.5 Å². The number of amides is 1. The van der Waals surface area contributed by atoms with Crippen LogP contribution in [0.15, 0.2) is 47.4 Å². The molecule has 0 aliphatic carbocycles. The minimum atomic E-state index is -3.48. The number of nitrogens with one attached hydrogen (secondary N) is 1. The number of hydrogen-bond acceptors (Lipinski definition) is 5. The van der Waals surface area contributed by atoms with Gasteiger partial charge in [0.15, 0.2) is 0 Å². The highest BCUT2D eigenvalue weighted by molar-refractivity contribution is 7.89. The maximum absolute atomic E-state index is 12.4. The van der Waals surface area contributed by atoms with Gasteiger partial charge in [-0.2, -0.15) is 0 Å². The molecule has 174 valence electrons. The van der Waals surface area contributed by atoms with E-state index in [2.05, 4.69) is 10.2 Å². The predicted molar refractivity (Wildman–Crippen MR) is 126 cm³/mol. The average molecular weight is 500 g/mol. The Bertz CT molecular complexity index is 1050. The van der Waals surface area contributed by atoms with E-state index in [-0.39, 0.29) is 23.3 Å². The Morgan fingerprint density at radius 1 is 1.12 bits per heavy atom. The molecular weight excluding hydrogens is 473 g/mol. The summed E-state index contributed by atoms with van der Waals surface area (Å²) in [5.41, 5.74) is 1.81. The number of carbonyl (C=O) groups excluding carboxylic acids is 1. The van der Waals surface area contributed by atoms with Gasteiger partial charge in [0.2, 0.25) is 15.9 Å². The highest BCUT2D eigenvalue weighted by Crippen LogP contribution is 2.23. The van der Waals surface area contributed by atoms with E-state index in [1.54, 1.807) is 18.2 Å². The molecule has 32 heavy (non-hydrogen) atoms. The van der Waals surface area contributed by atoms with Crippen molar-refractivity contribution < 1.29 is 17.9 Å². The Kier molecular flexibility index (Phi) is 8.55. The van der Waals surface area contributed by atoms with Gasteiger partial charge in [0.05, 0.1) is 34.1 Å². The molecule has 1 fully saturated rings. The van der Waals surface area contributed by atoms with E-state index in [1.807, 2.05) is 12.1 Å². The van der Waals surface area contributed by atoms with Crippen LogP contribution in [0.5, 0.6) is 0 Å². The van der Waals surface area contributed by atoms with Crippen molar-refractivity contribution in [1.29, 1.82) is 0 Å². The molecule has 1 heterocycles. The third-order valence-corrected chi connectivity index (χ3v) is 7.77. The number of sulfonamides is 1. The van der Waals surface area contributed by atoms with Crippen LogP contribution in [0.25, 0.3) is 0 Å². The van der Waals surface area contributed by atoms with E-state index in [1.165, 1.54) is 26.2 Å². The third kappa shape index (κ3) is 6.66. The zero-order valence-corrected chi connectivity index (χ0v) is 20.4. The van der Waals surface area contributed by atoms with Crippen LogP contribution in [0, 0.1) is 0 Å². The Labute approximate surface area is 199 Å². The van der Waals surface area contributed by atoms with Gasteiger partial charge in [-0.1, -0.05) is 41.4 Å². The first kappa shape index (κ1) is 25.0. The van der Waals surface area contributed by atoms with Crippen LogP contribution in [-0.4, -0.2) is 70.0 Å². The minimum Gasteiger partial charge on any atom is -0.374 e. The van der Waals surface area contributed by atoms with Gasteiger partial charge < -0.3 is 10.1 Å². The van der Waals surface area contributed by atoms with E-state index in [0.29, 0.717) is 29.7 Å². The average Bonchev–Trinajstić information content (AvgIpc) is 2.75. The normalized spacial score (nSPS) is 17.5. The lowest BCUT2D eigenvalue weighted by Crippen LogP contribution is -2.47. The van der Waals surface area contributed by atoms with Crippen LogP contribution in [0.1, 0.15) is 11.1 Å². The summed E-state index contributed by atoms with van der Waals surface area (Å²) in [5, 5.41) is 3.98. The van der Waals surface area contributed by atoms with E-state index in [9.17, 15) is 13.2 Å². The number of hydrogen-bond donors (Lipinski definition) is 1. The zero-order chi connectivity index (χ0) is 23.3. The molecule has 0 bridgehead atoms. The van der Waals surface area contributed by atoms with Crippen molar-refractivity contribution in [3.8, 4) is 0 Å². The second-order valence-corrected chi connectivity index (χ2v) is 10.9. The first-order valence-electron chi connectivity index (χ1n) is 10.2. The van der Waals surface area contributed by atoms with Crippen molar-refractivity contribution in [1.82, 2.24) is 14.5 Å². The standard InChI is InChI=1S/C22H27Cl2N3O4S/c1-26(2)32(29,30)19-6-3-16(4-7-19)12-22(28)25-13-18-15-27(9-10-31-18)14-17-5-8-20(23)21(24)11-17/h3-8,11,18H,9-10,12-15H2,1-2H3,(H,25,28)/t18-/m0/s1. The summed E-state index contributed by atoms with van der Waals surface area (Å²) >= 11 is 12.1. The second-order valence-electron chi connectivity index (χ2n) is 7.89. The first-order chi connectivity index (χ1) is 15.1. The molecule has 1 aliphatic rings. The summed E-state index contributed by atoms with van der Waals surface area (Å²) in [7, 11) is -0.518. The molecule has 1 amide bonds. The number of ether oxygens (including phenoxy) is 1. The summed E-state index contributed by atoms with van der Waals surface area (Å²) in [6.07, 6.45) is 0.0604. The van der Waals surface area contributed by atoms with Crippen molar-refractivity contribution in [2.24, 2.45) is 0 Å². The molecular formula is C22H27Cl2N3O4S.